The molecule has 0 saturated heterocycles. The quantitative estimate of drug-likeness (QED) is 0.626. The van der Waals surface area contributed by atoms with Crippen LogP contribution in [0.1, 0.15) is 10.4 Å². The molecule has 0 amide bonds. The monoisotopic (exact) mass is 223 g/mol. The van der Waals surface area contributed by atoms with Crippen LogP contribution in [0.15, 0.2) is 53.1 Å². The highest BCUT2D eigenvalue weighted by Crippen LogP contribution is 2.27. The van der Waals surface area contributed by atoms with Crippen LogP contribution < -0.4 is 0 Å². The molecule has 0 saturated carbocycles. The van der Waals surface area contributed by atoms with Crippen molar-refractivity contribution in [2.45, 2.75) is 0 Å². The molecule has 1 heterocycles. The van der Waals surface area contributed by atoms with Crippen molar-refractivity contribution in [3.8, 4) is 11.3 Å². The van der Waals surface area contributed by atoms with Gasteiger partial charge in [0.2, 0.25) is 0 Å². The molecule has 82 valence electrons. The predicted molar refractivity (Wildman–Crippen MR) is 64.8 cm³/mol. The van der Waals surface area contributed by atoms with Gasteiger partial charge in [0.1, 0.15) is 12.0 Å². The fourth-order valence-electron chi connectivity index (χ4n) is 1.83. The van der Waals surface area contributed by atoms with Crippen LogP contribution in [0.25, 0.3) is 22.2 Å². The zero-order valence-corrected chi connectivity index (χ0v) is 8.96. The zero-order valence-electron chi connectivity index (χ0n) is 8.96. The molecule has 0 aliphatic heterocycles. The lowest BCUT2D eigenvalue weighted by Crippen LogP contribution is -1.79. The third-order valence-corrected chi connectivity index (χ3v) is 2.68. The minimum atomic E-state index is 0.591. The molecule has 3 rings (SSSR count). The molecular formula is C14H9NO2. The van der Waals surface area contributed by atoms with E-state index in [2.05, 4.69) is 5.16 Å². The average Bonchev–Trinajstić information content (AvgIpc) is 2.82. The molecule has 0 aliphatic rings. The second-order valence-corrected chi connectivity index (χ2v) is 3.77. The van der Waals surface area contributed by atoms with Crippen LogP contribution >= 0.6 is 0 Å². The summed E-state index contributed by atoms with van der Waals surface area (Å²) in [6, 6.07) is 15.1. The van der Waals surface area contributed by atoms with Gasteiger partial charge in [-0.3, -0.25) is 4.79 Å². The number of nitrogens with zero attached hydrogens (tertiary/aromatic N) is 1. The molecule has 3 heteroatoms. The lowest BCUT2D eigenvalue weighted by Gasteiger charge is -1.95. The van der Waals surface area contributed by atoms with E-state index in [0.29, 0.717) is 11.1 Å². The molecule has 0 fully saturated rings. The molecule has 0 atom stereocenters. The maximum Gasteiger partial charge on any atom is 0.168 e. The fourth-order valence-corrected chi connectivity index (χ4v) is 1.83. The number of fused-ring (bicyclic) bond motifs is 1. The van der Waals surface area contributed by atoms with Gasteiger partial charge in [-0.1, -0.05) is 41.6 Å². The summed E-state index contributed by atoms with van der Waals surface area (Å²) in [5.74, 6) is 0. The SMILES string of the molecule is O=Cc1ccc2c(-c3ccccc3)noc2c1. The van der Waals surface area contributed by atoms with E-state index < -0.39 is 0 Å². The van der Waals surface area contributed by atoms with Gasteiger partial charge in [0.25, 0.3) is 0 Å². The van der Waals surface area contributed by atoms with E-state index in [1.54, 1.807) is 12.1 Å². The number of benzene rings is 2. The number of aromatic nitrogens is 1. The lowest BCUT2D eigenvalue weighted by molar-refractivity contribution is 0.112. The Morgan fingerprint density at radius 3 is 2.65 bits per heavy atom. The van der Waals surface area contributed by atoms with Crippen molar-refractivity contribution >= 4 is 17.3 Å². The van der Waals surface area contributed by atoms with Crippen molar-refractivity contribution in [1.82, 2.24) is 5.16 Å². The number of hydrogen-bond donors (Lipinski definition) is 0. The topological polar surface area (TPSA) is 43.1 Å². The molecule has 17 heavy (non-hydrogen) atoms. The Hall–Kier alpha value is -2.42. The summed E-state index contributed by atoms with van der Waals surface area (Å²) in [6.07, 6.45) is 0.796. The maximum atomic E-state index is 10.7. The van der Waals surface area contributed by atoms with Crippen molar-refractivity contribution in [3.05, 3.63) is 54.1 Å². The Labute approximate surface area is 97.7 Å². The second-order valence-electron chi connectivity index (χ2n) is 3.77. The molecule has 0 N–H and O–H groups in total. The van der Waals surface area contributed by atoms with E-state index >= 15 is 0 Å². The summed E-state index contributed by atoms with van der Waals surface area (Å²) in [4.78, 5) is 10.7. The summed E-state index contributed by atoms with van der Waals surface area (Å²) in [5, 5.41) is 4.97. The molecule has 0 unspecified atom stereocenters. The van der Waals surface area contributed by atoms with E-state index in [4.69, 9.17) is 4.52 Å². The Morgan fingerprint density at radius 1 is 1.06 bits per heavy atom. The molecule has 0 spiro atoms. The Kier molecular flexibility index (Phi) is 2.22. The third kappa shape index (κ3) is 1.61. The molecule has 1 aromatic heterocycles. The number of carbonyl (C=O) groups excluding carboxylic acids is 1. The molecule has 0 radical (unpaired) electrons. The number of carbonyl (C=O) groups is 1. The second kappa shape index (κ2) is 3.87. The summed E-state index contributed by atoms with van der Waals surface area (Å²) >= 11 is 0. The average molecular weight is 223 g/mol. The van der Waals surface area contributed by atoms with Crippen LogP contribution in [-0.4, -0.2) is 11.4 Å². The summed E-state index contributed by atoms with van der Waals surface area (Å²) in [5.41, 5.74) is 3.03. The standard InChI is InChI=1S/C14H9NO2/c16-9-10-6-7-12-13(8-10)17-15-14(12)11-4-2-1-3-5-11/h1-9H. The van der Waals surface area contributed by atoms with E-state index in [-0.39, 0.29) is 0 Å². The normalized spacial score (nSPS) is 10.6. The van der Waals surface area contributed by atoms with Gasteiger partial charge in [-0.2, -0.15) is 0 Å². The van der Waals surface area contributed by atoms with Crippen molar-refractivity contribution in [3.63, 3.8) is 0 Å². The molecule has 0 bridgehead atoms. The van der Waals surface area contributed by atoms with Crippen molar-refractivity contribution < 1.29 is 9.32 Å². The smallest absolute Gasteiger partial charge is 0.168 e. The molecule has 3 nitrogen and oxygen atoms in total. The van der Waals surface area contributed by atoms with Crippen LogP contribution in [0.2, 0.25) is 0 Å². The first-order valence-corrected chi connectivity index (χ1v) is 5.28. The maximum absolute atomic E-state index is 10.7. The van der Waals surface area contributed by atoms with E-state index in [9.17, 15) is 4.79 Å². The van der Waals surface area contributed by atoms with Crippen LogP contribution in [0, 0.1) is 0 Å². The fraction of sp³-hybridized carbons (Fsp3) is 0. The highest BCUT2D eigenvalue weighted by molar-refractivity contribution is 5.94. The van der Waals surface area contributed by atoms with Gasteiger partial charge in [-0.15, -0.1) is 0 Å². The summed E-state index contributed by atoms with van der Waals surface area (Å²) in [6.45, 7) is 0. The summed E-state index contributed by atoms with van der Waals surface area (Å²) < 4.78 is 5.24. The first-order chi connectivity index (χ1) is 8.38. The number of hydrogen-bond acceptors (Lipinski definition) is 3. The van der Waals surface area contributed by atoms with Crippen LogP contribution in [0.5, 0.6) is 0 Å². The van der Waals surface area contributed by atoms with Crippen molar-refractivity contribution in [2.24, 2.45) is 0 Å². The highest BCUT2D eigenvalue weighted by Gasteiger charge is 2.09. The molecule has 2 aromatic carbocycles. The Balaban J connectivity index is 2.22. The Bertz CT molecular complexity index is 671. The van der Waals surface area contributed by atoms with Crippen LogP contribution in [0.4, 0.5) is 0 Å². The predicted octanol–water partition coefficient (Wildman–Crippen LogP) is 3.31. The highest BCUT2D eigenvalue weighted by atomic mass is 16.5. The molecular weight excluding hydrogens is 214 g/mol. The number of aldehydes is 1. The first kappa shape index (κ1) is 9.78. The van der Waals surface area contributed by atoms with Crippen LogP contribution in [-0.2, 0) is 0 Å². The van der Waals surface area contributed by atoms with Gasteiger partial charge in [-0.05, 0) is 12.1 Å². The zero-order chi connectivity index (χ0) is 11.7. The summed E-state index contributed by atoms with van der Waals surface area (Å²) in [7, 11) is 0. The minimum Gasteiger partial charge on any atom is -0.356 e. The minimum absolute atomic E-state index is 0.591. The van der Waals surface area contributed by atoms with E-state index in [0.717, 1.165) is 22.9 Å². The van der Waals surface area contributed by atoms with Crippen LogP contribution in [0.3, 0.4) is 0 Å². The lowest BCUT2D eigenvalue weighted by atomic mass is 10.1. The van der Waals surface area contributed by atoms with Gasteiger partial charge in [0.05, 0.1) is 0 Å². The molecule has 0 aliphatic carbocycles. The van der Waals surface area contributed by atoms with Gasteiger partial charge >= 0.3 is 0 Å². The van der Waals surface area contributed by atoms with Gasteiger partial charge in [-0.25, -0.2) is 0 Å². The van der Waals surface area contributed by atoms with E-state index in [1.807, 2.05) is 36.4 Å². The molecule has 3 aromatic rings. The van der Waals surface area contributed by atoms with Gasteiger partial charge in [0, 0.05) is 16.5 Å². The Morgan fingerprint density at radius 2 is 1.88 bits per heavy atom. The first-order valence-electron chi connectivity index (χ1n) is 5.28. The third-order valence-electron chi connectivity index (χ3n) is 2.68. The van der Waals surface area contributed by atoms with Gasteiger partial charge < -0.3 is 4.52 Å². The van der Waals surface area contributed by atoms with Crippen molar-refractivity contribution in [1.29, 1.82) is 0 Å². The van der Waals surface area contributed by atoms with E-state index in [1.165, 1.54) is 0 Å². The van der Waals surface area contributed by atoms with Gasteiger partial charge in [0.15, 0.2) is 5.58 Å². The van der Waals surface area contributed by atoms with Crippen molar-refractivity contribution in [2.75, 3.05) is 0 Å². The number of rotatable bonds is 2. The largest absolute Gasteiger partial charge is 0.356 e.